The van der Waals surface area contributed by atoms with Gasteiger partial charge in [0.05, 0.1) is 24.2 Å². The third-order valence-corrected chi connectivity index (χ3v) is 6.64. The summed E-state index contributed by atoms with van der Waals surface area (Å²) >= 11 is 0. The molecule has 0 unspecified atom stereocenters. The van der Waals surface area contributed by atoms with Crippen LogP contribution in [0.4, 0.5) is 0 Å². The van der Waals surface area contributed by atoms with E-state index in [2.05, 4.69) is 5.32 Å². The summed E-state index contributed by atoms with van der Waals surface area (Å²) in [5, 5.41) is 3.02. The van der Waals surface area contributed by atoms with Gasteiger partial charge in [-0.15, -0.1) is 0 Å². The number of carbonyl (C=O) groups excluding carboxylic acids is 1. The van der Waals surface area contributed by atoms with E-state index in [4.69, 9.17) is 4.42 Å². The van der Waals surface area contributed by atoms with Crippen LogP contribution in [0.3, 0.4) is 0 Å². The molecule has 3 rings (SSSR count). The van der Waals surface area contributed by atoms with E-state index >= 15 is 0 Å². The van der Waals surface area contributed by atoms with Crippen molar-refractivity contribution < 1.29 is 17.6 Å². The average molecular weight is 391 g/mol. The zero-order valence-electron chi connectivity index (χ0n) is 15.3. The fourth-order valence-electron chi connectivity index (χ4n) is 3.40. The highest BCUT2D eigenvalue weighted by Crippen LogP contribution is 2.20. The minimum atomic E-state index is -3.81. The van der Waals surface area contributed by atoms with Gasteiger partial charge in [0.2, 0.25) is 15.9 Å². The average Bonchev–Trinajstić information content (AvgIpc) is 3.05. The van der Waals surface area contributed by atoms with Crippen LogP contribution in [0.1, 0.15) is 44.3 Å². The maximum Gasteiger partial charge on any atom is 0.243 e. The normalized spacial score (nSPS) is 16.2. The molecule has 1 aromatic carbocycles. The van der Waals surface area contributed by atoms with Crippen molar-refractivity contribution in [3.8, 4) is 0 Å². The molecular weight excluding hydrogens is 364 g/mol. The van der Waals surface area contributed by atoms with Crippen LogP contribution in [0.5, 0.6) is 0 Å². The Bertz CT molecular complexity index is 811. The number of rotatable bonds is 7. The van der Waals surface area contributed by atoms with Crippen LogP contribution < -0.4 is 5.32 Å². The highest BCUT2D eigenvalue weighted by Gasteiger charge is 2.28. The highest BCUT2D eigenvalue weighted by molar-refractivity contribution is 7.89. The Labute approximate surface area is 160 Å². The number of amides is 1. The third-order valence-electron chi connectivity index (χ3n) is 4.83. The summed E-state index contributed by atoms with van der Waals surface area (Å²) in [6, 6.07) is 11.7. The lowest BCUT2D eigenvalue weighted by molar-refractivity contribution is -0.122. The number of sulfonamides is 1. The summed E-state index contributed by atoms with van der Waals surface area (Å²) in [6.45, 7) is -0.212. The van der Waals surface area contributed by atoms with Gasteiger partial charge < -0.3 is 9.73 Å². The van der Waals surface area contributed by atoms with Crippen LogP contribution in [0, 0.1) is 0 Å². The zero-order chi connectivity index (χ0) is 19.1. The van der Waals surface area contributed by atoms with Gasteiger partial charge in [-0.05, 0) is 37.1 Å². The van der Waals surface area contributed by atoms with Crippen LogP contribution in [0.25, 0.3) is 0 Å². The summed E-state index contributed by atoms with van der Waals surface area (Å²) in [5.74, 6) is 0.227. The maximum atomic E-state index is 13.0. The SMILES string of the molecule is O=C(CN(Cc1ccco1)S(=O)(=O)c1ccccc1)NC1CCCCCC1. The quantitative estimate of drug-likeness (QED) is 0.736. The van der Waals surface area contributed by atoms with E-state index in [0.29, 0.717) is 5.76 Å². The standard InChI is InChI=1S/C20H26N2O4S/c23-20(21-17-9-4-1-2-5-10-17)16-22(15-18-11-8-14-26-18)27(24,25)19-12-6-3-7-13-19/h3,6-8,11-14,17H,1-2,4-5,9-10,15-16H2,(H,21,23). The summed E-state index contributed by atoms with van der Waals surface area (Å²) < 4.78 is 32.6. The number of hydrogen-bond acceptors (Lipinski definition) is 4. The smallest absolute Gasteiger partial charge is 0.243 e. The van der Waals surface area contributed by atoms with E-state index in [9.17, 15) is 13.2 Å². The van der Waals surface area contributed by atoms with Gasteiger partial charge in [-0.2, -0.15) is 4.31 Å². The van der Waals surface area contributed by atoms with Crippen molar-refractivity contribution >= 4 is 15.9 Å². The van der Waals surface area contributed by atoms with E-state index in [1.807, 2.05) is 0 Å². The van der Waals surface area contributed by atoms with E-state index in [0.717, 1.165) is 25.7 Å². The highest BCUT2D eigenvalue weighted by atomic mass is 32.2. The molecule has 1 aromatic heterocycles. The largest absolute Gasteiger partial charge is 0.468 e. The molecule has 1 heterocycles. The first-order chi connectivity index (χ1) is 13.1. The molecule has 1 amide bonds. The van der Waals surface area contributed by atoms with Crippen molar-refractivity contribution in [3.05, 3.63) is 54.5 Å². The Kier molecular flexibility index (Phi) is 6.68. The molecular formula is C20H26N2O4S. The molecule has 0 saturated heterocycles. The molecule has 146 valence electrons. The summed E-state index contributed by atoms with van der Waals surface area (Å²) in [4.78, 5) is 12.8. The number of carbonyl (C=O) groups is 1. The van der Waals surface area contributed by atoms with Gasteiger partial charge in [-0.1, -0.05) is 43.9 Å². The Morgan fingerprint density at radius 1 is 1.04 bits per heavy atom. The first kappa shape index (κ1) is 19.6. The van der Waals surface area contributed by atoms with Gasteiger partial charge in [0.15, 0.2) is 0 Å². The topological polar surface area (TPSA) is 79.6 Å². The van der Waals surface area contributed by atoms with Crippen molar-refractivity contribution in [2.24, 2.45) is 0 Å². The molecule has 0 atom stereocenters. The van der Waals surface area contributed by atoms with Gasteiger partial charge in [0.1, 0.15) is 5.76 Å². The first-order valence-corrected chi connectivity index (χ1v) is 10.9. The van der Waals surface area contributed by atoms with Gasteiger partial charge >= 0.3 is 0 Å². The van der Waals surface area contributed by atoms with Crippen LogP contribution >= 0.6 is 0 Å². The summed E-state index contributed by atoms with van der Waals surface area (Å²) in [6.07, 6.45) is 7.99. The number of nitrogens with zero attached hydrogens (tertiary/aromatic N) is 1. The lowest BCUT2D eigenvalue weighted by Crippen LogP contribution is -2.43. The fourth-order valence-corrected chi connectivity index (χ4v) is 4.78. The predicted molar refractivity (Wildman–Crippen MR) is 102 cm³/mol. The molecule has 6 nitrogen and oxygen atoms in total. The summed E-state index contributed by atoms with van der Waals surface area (Å²) in [5.41, 5.74) is 0. The lowest BCUT2D eigenvalue weighted by Gasteiger charge is -2.23. The molecule has 2 aromatic rings. The van der Waals surface area contributed by atoms with Gasteiger partial charge in [0, 0.05) is 6.04 Å². The first-order valence-electron chi connectivity index (χ1n) is 9.42. The molecule has 1 saturated carbocycles. The van der Waals surface area contributed by atoms with Crippen LogP contribution in [0.15, 0.2) is 58.0 Å². The van der Waals surface area contributed by atoms with Crippen molar-refractivity contribution in [2.75, 3.05) is 6.54 Å². The Hall–Kier alpha value is -2.12. The monoisotopic (exact) mass is 390 g/mol. The van der Waals surface area contributed by atoms with Crippen LogP contribution in [-0.2, 0) is 21.4 Å². The fraction of sp³-hybridized carbons (Fsp3) is 0.450. The second-order valence-electron chi connectivity index (χ2n) is 6.92. The Balaban J connectivity index is 1.74. The summed E-state index contributed by atoms with van der Waals surface area (Å²) in [7, 11) is -3.81. The number of nitrogens with one attached hydrogen (secondary N) is 1. The molecule has 7 heteroatoms. The molecule has 1 aliphatic rings. The molecule has 1 aliphatic carbocycles. The van der Waals surface area contributed by atoms with Crippen molar-refractivity contribution in [1.82, 2.24) is 9.62 Å². The number of hydrogen-bond donors (Lipinski definition) is 1. The van der Waals surface area contributed by atoms with E-state index < -0.39 is 10.0 Å². The Morgan fingerprint density at radius 2 is 1.74 bits per heavy atom. The van der Waals surface area contributed by atoms with Crippen LogP contribution in [0.2, 0.25) is 0 Å². The zero-order valence-corrected chi connectivity index (χ0v) is 16.2. The number of benzene rings is 1. The molecule has 1 N–H and O–H groups in total. The van der Waals surface area contributed by atoms with Gasteiger partial charge in [-0.25, -0.2) is 8.42 Å². The second kappa shape index (κ2) is 9.19. The van der Waals surface area contributed by atoms with E-state index in [1.165, 1.54) is 35.5 Å². The van der Waals surface area contributed by atoms with Crippen LogP contribution in [-0.4, -0.2) is 31.2 Å². The molecule has 0 radical (unpaired) electrons. The van der Waals surface area contributed by atoms with Gasteiger partial charge in [0.25, 0.3) is 0 Å². The molecule has 1 fully saturated rings. The third kappa shape index (κ3) is 5.43. The second-order valence-corrected chi connectivity index (χ2v) is 8.86. The van der Waals surface area contributed by atoms with Crippen molar-refractivity contribution in [2.45, 2.75) is 56.0 Å². The molecule has 27 heavy (non-hydrogen) atoms. The molecule has 0 aliphatic heterocycles. The molecule has 0 spiro atoms. The van der Waals surface area contributed by atoms with Crippen molar-refractivity contribution in [1.29, 1.82) is 0 Å². The minimum absolute atomic E-state index is 0.0162. The predicted octanol–water partition coefficient (Wildman–Crippen LogP) is 3.31. The van der Waals surface area contributed by atoms with E-state index in [1.54, 1.807) is 30.3 Å². The number of furan rings is 1. The molecule has 0 bridgehead atoms. The minimum Gasteiger partial charge on any atom is -0.468 e. The Morgan fingerprint density at radius 3 is 2.37 bits per heavy atom. The van der Waals surface area contributed by atoms with Gasteiger partial charge in [-0.3, -0.25) is 4.79 Å². The lowest BCUT2D eigenvalue weighted by atomic mass is 10.1. The maximum absolute atomic E-state index is 13.0. The van der Waals surface area contributed by atoms with E-state index in [-0.39, 0.29) is 29.9 Å². The van der Waals surface area contributed by atoms with Crippen molar-refractivity contribution in [3.63, 3.8) is 0 Å².